The lowest BCUT2D eigenvalue weighted by Gasteiger charge is -2.34. The summed E-state index contributed by atoms with van der Waals surface area (Å²) in [6, 6.07) is 0. The Hall–Kier alpha value is -2.22. The number of hydrogen-bond donors (Lipinski definition) is 2. The van der Waals surface area contributed by atoms with E-state index in [1.807, 2.05) is 25.3 Å². The van der Waals surface area contributed by atoms with Crippen LogP contribution >= 0.6 is 11.3 Å². The number of fused-ring (bicyclic) bond motifs is 1. The molecular weight excluding hydrogens is 578 g/mol. The van der Waals surface area contributed by atoms with Gasteiger partial charge in [0.1, 0.15) is 30.1 Å². The number of carbonyl (C=O) groups is 3. The Labute approximate surface area is 257 Å². The Morgan fingerprint density at radius 2 is 1.93 bits per heavy atom. The van der Waals surface area contributed by atoms with Crippen molar-refractivity contribution in [2.75, 3.05) is 26.9 Å². The summed E-state index contributed by atoms with van der Waals surface area (Å²) in [6.45, 7) is 9.18. The second-order valence-corrected chi connectivity index (χ2v) is 13.1. The molecule has 1 aromatic heterocycles. The van der Waals surface area contributed by atoms with Gasteiger partial charge in [-0.1, -0.05) is 34.1 Å². The third-order valence-corrected chi connectivity index (χ3v) is 9.19. The van der Waals surface area contributed by atoms with Gasteiger partial charge in [-0.2, -0.15) is 0 Å². The lowest BCUT2D eigenvalue weighted by Crippen LogP contribution is -2.45. The molecule has 1 aromatic rings. The lowest BCUT2D eigenvalue weighted by molar-refractivity contribution is -0.154. The predicted octanol–water partition coefficient (Wildman–Crippen LogP) is 3.49. The molecule has 2 fully saturated rings. The number of methoxy groups -OCH3 is 1. The molecule has 0 aromatic carbocycles. The van der Waals surface area contributed by atoms with E-state index in [1.54, 1.807) is 27.9 Å². The van der Waals surface area contributed by atoms with Gasteiger partial charge >= 0.3 is 11.9 Å². The first-order valence-electron chi connectivity index (χ1n) is 14.9. The van der Waals surface area contributed by atoms with E-state index in [-0.39, 0.29) is 43.5 Å². The van der Waals surface area contributed by atoms with Crippen LogP contribution in [-0.2, 0) is 44.7 Å². The zero-order chi connectivity index (χ0) is 31.7. The number of cyclic esters (lactones) is 1. The van der Waals surface area contributed by atoms with E-state index in [9.17, 15) is 24.6 Å². The number of epoxide rings is 1. The van der Waals surface area contributed by atoms with Crippen LogP contribution in [0, 0.1) is 17.3 Å². The van der Waals surface area contributed by atoms with Crippen molar-refractivity contribution in [2.24, 2.45) is 17.3 Å². The van der Waals surface area contributed by atoms with Crippen molar-refractivity contribution in [1.29, 1.82) is 0 Å². The molecule has 12 heteroatoms. The van der Waals surface area contributed by atoms with Crippen molar-refractivity contribution in [1.82, 2.24) is 4.98 Å². The van der Waals surface area contributed by atoms with E-state index in [0.29, 0.717) is 30.3 Å². The van der Waals surface area contributed by atoms with Gasteiger partial charge < -0.3 is 33.9 Å². The first-order chi connectivity index (χ1) is 20.3. The Balaban J connectivity index is 1.69. The highest BCUT2D eigenvalue weighted by atomic mass is 32.1. The number of ketones is 1. The number of rotatable bonds is 9. The zero-order valence-corrected chi connectivity index (χ0v) is 26.9. The smallest absolute Gasteiger partial charge is 0.332 e. The largest absolute Gasteiger partial charge is 0.458 e. The molecule has 242 valence electrons. The number of aliphatic hydroxyl groups is 2. The van der Waals surface area contributed by atoms with Gasteiger partial charge in [0.25, 0.3) is 0 Å². The zero-order valence-electron chi connectivity index (χ0n) is 26.1. The van der Waals surface area contributed by atoms with E-state index in [0.717, 1.165) is 24.8 Å². The first-order valence-corrected chi connectivity index (χ1v) is 15.8. The number of Topliss-reactive ketones (excluding diaryl/α,β-unsaturated/α-hetero) is 1. The third-order valence-electron chi connectivity index (χ3n) is 8.35. The summed E-state index contributed by atoms with van der Waals surface area (Å²) >= 11 is 1.34. The minimum absolute atomic E-state index is 0.0146. The van der Waals surface area contributed by atoms with Crippen molar-refractivity contribution in [3.05, 3.63) is 21.7 Å². The molecule has 0 spiro atoms. The highest BCUT2D eigenvalue weighted by molar-refractivity contribution is 7.09. The van der Waals surface area contributed by atoms with Crippen LogP contribution < -0.4 is 0 Å². The number of thiazole rings is 1. The van der Waals surface area contributed by atoms with Gasteiger partial charge in [0.05, 0.1) is 55.2 Å². The number of carbonyl (C=O) groups excluding carboxylic acids is 3. The average Bonchev–Trinajstić information content (AvgIpc) is 3.54. The number of hydrogen-bond acceptors (Lipinski definition) is 12. The third kappa shape index (κ3) is 10.4. The van der Waals surface area contributed by atoms with Crippen LogP contribution in [0.5, 0.6) is 0 Å². The topological polar surface area (TPSA) is 154 Å². The number of aliphatic hydroxyl groups excluding tert-OH is 2. The molecule has 11 nitrogen and oxygen atoms in total. The molecule has 43 heavy (non-hydrogen) atoms. The SMILES string of the molecule is COCCOCC(=O)OCc1nc(/C=C(\C)[C@@H]2C[C@@H]3O[C@@H]3CCC[C@H](C)[C@H](O)[C@@H](C)C(=O)C(C)(C)[C@@H](O)CC(=O)O2)cs1. The number of esters is 2. The summed E-state index contributed by atoms with van der Waals surface area (Å²) in [6.07, 6.45) is 1.50. The molecule has 0 unspecified atom stereocenters. The van der Waals surface area contributed by atoms with Crippen LogP contribution in [0.4, 0.5) is 0 Å². The molecule has 0 saturated carbocycles. The van der Waals surface area contributed by atoms with Crippen molar-refractivity contribution < 1.29 is 48.3 Å². The molecule has 0 amide bonds. The van der Waals surface area contributed by atoms with Gasteiger partial charge in [-0.15, -0.1) is 11.3 Å². The predicted molar refractivity (Wildman–Crippen MR) is 159 cm³/mol. The molecule has 0 radical (unpaired) electrons. The molecule has 0 bridgehead atoms. The van der Waals surface area contributed by atoms with Crippen LogP contribution in [0.2, 0.25) is 0 Å². The Morgan fingerprint density at radius 3 is 2.65 bits per heavy atom. The molecule has 7 atom stereocenters. The van der Waals surface area contributed by atoms with E-state index in [1.165, 1.54) is 11.3 Å². The summed E-state index contributed by atoms with van der Waals surface area (Å²) in [5, 5.41) is 24.2. The number of nitrogens with zero attached hydrogens (tertiary/aromatic N) is 1. The average molecular weight is 626 g/mol. The molecule has 2 aliphatic heterocycles. The Morgan fingerprint density at radius 1 is 1.19 bits per heavy atom. The van der Waals surface area contributed by atoms with Gasteiger partial charge in [0.2, 0.25) is 0 Å². The van der Waals surface area contributed by atoms with Crippen LogP contribution in [0.3, 0.4) is 0 Å². The number of aromatic nitrogens is 1. The van der Waals surface area contributed by atoms with Crippen LogP contribution in [0.25, 0.3) is 6.08 Å². The van der Waals surface area contributed by atoms with Gasteiger partial charge in [-0.25, -0.2) is 9.78 Å². The highest BCUT2D eigenvalue weighted by Crippen LogP contribution is 2.36. The summed E-state index contributed by atoms with van der Waals surface area (Å²) in [5.41, 5.74) is 0.131. The second kappa shape index (κ2) is 16.2. The molecule has 2 N–H and O–H groups in total. The summed E-state index contributed by atoms with van der Waals surface area (Å²) in [5.74, 6) is -2.20. The van der Waals surface area contributed by atoms with E-state index in [4.69, 9.17) is 23.7 Å². The normalized spacial score (nSPS) is 30.8. The Kier molecular flexibility index (Phi) is 13.3. The fourth-order valence-corrected chi connectivity index (χ4v) is 5.94. The maximum absolute atomic E-state index is 13.3. The first kappa shape index (κ1) is 35.3. The molecule has 2 saturated heterocycles. The van der Waals surface area contributed by atoms with Gasteiger partial charge in [0, 0.05) is 24.8 Å². The van der Waals surface area contributed by atoms with Crippen molar-refractivity contribution in [3.8, 4) is 0 Å². The quantitative estimate of drug-likeness (QED) is 0.235. The standard InChI is InChI=1S/C31H47NO10S/c1-18-8-7-9-22-24(41-22)13-23(42-27(34)14-25(33)31(4,5)30(37)20(3)29(18)36)19(2)12-21-17-43-26(32-21)15-40-28(35)16-39-11-10-38-6/h12,17-18,20,22-25,29,33,36H,7-11,13-16H2,1-6H3/b19-12+/t18-,20+,22+,23-,24-,25-,29-/m0/s1. The van der Waals surface area contributed by atoms with Gasteiger partial charge in [0.15, 0.2) is 0 Å². The fraction of sp³-hybridized carbons (Fsp3) is 0.742. The van der Waals surface area contributed by atoms with Crippen LogP contribution in [0.1, 0.15) is 77.4 Å². The molecule has 2 aliphatic rings. The van der Waals surface area contributed by atoms with Crippen molar-refractivity contribution in [2.45, 2.75) is 104 Å². The van der Waals surface area contributed by atoms with E-state index in [2.05, 4.69) is 4.98 Å². The van der Waals surface area contributed by atoms with E-state index < -0.39 is 41.6 Å². The lowest BCUT2D eigenvalue weighted by atomic mass is 9.73. The molecule has 3 heterocycles. The van der Waals surface area contributed by atoms with Crippen molar-refractivity contribution in [3.63, 3.8) is 0 Å². The summed E-state index contributed by atoms with van der Waals surface area (Å²) in [4.78, 5) is 42.7. The second-order valence-electron chi connectivity index (χ2n) is 12.2. The minimum atomic E-state index is -1.28. The Bertz CT molecular complexity index is 1120. The monoisotopic (exact) mass is 625 g/mol. The van der Waals surface area contributed by atoms with Crippen molar-refractivity contribution >= 4 is 35.1 Å². The molecule has 3 rings (SSSR count). The van der Waals surface area contributed by atoms with Gasteiger partial charge in [-0.05, 0) is 37.3 Å². The summed E-state index contributed by atoms with van der Waals surface area (Å²) < 4.78 is 27.0. The van der Waals surface area contributed by atoms with Gasteiger partial charge in [-0.3, -0.25) is 9.59 Å². The highest BCUT2D eigenvalue weighted by Gasteiger charge is 2.44. The molecule has 0 aliphatic carbocycles. The van der Waals surface area contributed by atoms with E-state index >= 15 is 0 Å². The fourth-order valence-electron chi connectivity index (χ4n) is 5.27. The minimum Gasteiger partial charge on any atom is -0.458 e. The molecular formula is C31H47NO10S. The summed E-state index contributed by atoms with van der Waals surface area (Å²) in [7, 11) is 1.55. The number of ether oxygens (including phenoxy) is 5. The van der Waals surface area contributed by atoms with Crippen LogP contribution in [0.15, 0.2) is 11.0 Å². The maximum atomic E-state index is 13.3. The van der Waals surface area contributed by atoms with Crippen LogP contribution in [-0.4, -0.2) is 90.4 Å². The maximum Gasteiger partial charge on any atom is 0.332 e.